The van der Waals surface area contributed by atoms with Crippen molar-refractivity contribution in [2.24, 2.45) is 7.05 Å². The number of benzene rings is 1. The van der Waals surface area contributed by atoms with Gasteiger partial charge in [0.1, 0.15) is 18.1 Å². The topological polar surface area (TPSA) is 60.5 Å². The van der Waals surface area contributed by atoms with Gasteiger partial charge in [0, 0.05) is 14.1 Å². The van der Waals surface area contributed by atoms with Crippen LogP contribution >= 0.6 is 15.9 Å². The number of hydrogen-bond donors (Lipinski definition) is 0. The van der Waals surface area contributed by atoms with E-state index in [2.05, 4.69) is 28.0 Å². The quantitative estimate of drug-likeness (QED) is 0.562. The fourth-order valence-corrected chi connectivity index (χ4v) is 3.12. The van der Waals surface area contributed by atoms with Crippen LogP contribution < -0.4 is 4.74 Å². The maximum absolute atomic E-state index is 12.6. The van der Waals surface area contributed by atoms with Gasteiger partial charge in [-0.3, -0.25) is 9.48 Å². The second-order valence-corrected chi connectivity index (χ2v) is 7.13. The number of carbonyl (C=O) groups is 1. The molecule has 0 bridgehead atoms. The van der Waals surface area contributed by atoms with Crippen molar-refractivity contribution in [1.82, 2.24) is 14.7 Å². The molecule has 27 heavy (non-hydrogen) atoms. The Labute approximate surface area is 166 Å². The highest BCUT2D eigenvalue weighted by Gasteiger charge is 2.19. The molecule has 0 N–H and O–H groups in total. The molecule has 1 amide bonds. The fourth-order valence-electron chi connectivity index (χ4n) is 2.64. The minimum Gasteiger partial charge on any atom is -0.486 e. The van der Waals surface area contributed by atoms with Gasteiger partial charge < -0.3 is 14.1 Å². The minimum absolute atomic E-state index is 0.193. The van der Waals surface area contributed by atoms with Gasteiger partial charge in [-0.2, -0.15) is 5.10 Å². The van der Waals surface area contributed by atoms with Crippen molar-refractivity contribution in [2.45, 2.75) is 26.5 Å². The van der Waals surface area contributed by atoms with Crippen LogP contribution in [0.15, 0.2) is 51.5 Å². The first kappa shape index (κ1) is 19.2. The summed E-state index contributed by atoms with van der Waals surface area (Å²) in [5, 5.41) is 4.16. The molecule has 2 aromatic heterocycles. The van der Waals surface area contributed by atoms with E-state index in [1.807, 2.05) is 31.3 Å². The zero-order valence-electron chi connectivity index (χ0n) is 15.6. The third kappa shape index (κ3) is 4.60. The lowest BCUT2D eigenvalue weighted by atomic mass is 10.2. The van der Waals surface area contributed by atoms with E-state index in [4.69, 9.17) is 9.15 Å². The molecule has 142 valence electrons. The predicted octanol–water partition coefficient (Wildman–Crippen LogP) is 4.19. The van der Waals surface area contributed by atoms with E-state index in [1.54, 1.807) is 35.0 Å². The van der Waals surface area contributed by atoms with Gasteiger partial charge in [-0.05, 0) is 52.2 Å². The molecule has 3 aromatic rings. The molecule has 6 nitrogen and oxygen atoms in total. The number of amides is 1. The van der Waals surface area contributed by atoms with Crippen molar-refractivity contribution < 1.29 is 13.9 Å². The second-order valence-electron chi connectivity index (χ2n) is 6.28. The van der Waals surface area contributed by atoms with Crippen molar-refractivity contribution in [3.05, 3.63) is 69.8 Å². The molecule has 0 fully saturated rings. The summed E-state index contributed by atoms with van der Waals surface area (Å²) in [5.41, 5.74) is 2.17. The molecular formula is C20H22BrN3O3. The smallest absolute Gasteiger partial charge is 0.289 e. The highest BCUT2D eigenvalue weighted by molar-refractivity contribution is 9.10. The van der Waals surface area contributed by atoms with Gasteiger partial charge in [-0.1, -0.05) is 19.1 Å². The average molecular weight is 432 g/mol. The largest absolute Gasteiger partial charge is 0.486 e. The van der Waals surface area contributed by atoms with Gasteiger partial charge in [-0.25, -0.2) is 0 Å². The first-order chi connectivity index (χ1) is 13.0. The van der Waals surface area contributed by atoms with Crippen LogP contribution in [0, 0.1) is 0 Å². The number of ether oxygens (including phenoxy) is 1. The standard InChI is InChI=1S/C20H22BrN3O3/c1-4-14-5-7-15(8-6-14)26-13-16-9-10-19(27-16)20(25)23(2)12-18-17(21)11-22-24(18)3/h5-11H,4,12-13H2,1-3H3. The summed E-state index contributed by atoms with van der Waals surface area (Å²) in [6.45, 7) is 2.81. The SMILES string of the molecule is CCc1ccc(OCc2ccc(C(=O)N(C)Cc3c(Br)cnn3C)o2)cc1. The van der Waals surface area contributed by atoms with Gasteiger partial charge in [0.05, 0.1) is 22.9 Å². The van der Waals surface area contributed by atoms with Crippen molar-refractivity contribution in [2.75, 3.05) is 7.05 Å². The lowest BCUT2D eigenvalue weighted by Gasteiger charge is -2.16. The van der Waals surface area contributed by atoms with E-state index in [1.165, 1.54) is 5.56 Å². The Hall–Kier alpha value is -2.54. The molecule has 1 aromatic carbocycles. The molecule has 0 atom stereocenters. The van der Waals surface area contributed by atoms with Crippen molar-refractivity contribution >= 4 is 21.8 Å². The summed E-state index contributed by atoms with van der Waals surface area (Å²) in [6, 6.07) is 11.4. The molecule has 0 saturated heterocycles. The van der Waals surface area contributed by atoms with Gasteiger partial charge in [0.25, 0.3) is 5.91 Å². The van der Waals surface area contributed by atoms with Crippen LogP contribution in [-0.4, -0.2) is 27.6 Å². The third-order valence-corrected chi connectivity index (χ3v) is 4.99. The van der Waals surface area contributed by atoms with Gasteiger partial charge >= 0.3 is 0 Å². The molecule has 0 aliphatic carbocycles. The number of carbonyl (C=O) groups excluding carboxylic acids is 1. The van der Waals surface area contributed by atoms with Crippen molar-refractivity contribution in [1.29, 1.82) is 0 Å². The molecule has 0 spiro atoms. The zero-order valence-corrected chi connectivity index (χ0v) is 17.2. The van der Waals surface area contributed by atoms with Crippen molar-refractivity contribution in [3.63, 3.8) is 0 Å². The van der Waals surface area contributed by atoms with Gasteiger partial charge in [-0.15, -0.1) is 0 Å². The second kappa shape index (κ2) is 8.43. The van der Waals surface area contributed by atoms with E-state index in [9.17, 15) is 4.79 Å². The zero-order chi connectivity index (χ0) is 19.4. The van der Waals surface area contributed by atoms with Crippen LogP contribution in [0.3, 0.4) is 0 Å². The first-order valence-electron chi connectivity index (χ1n) is 8.70. The number of aromatic nitrogens is 2. The summed E-state index contributed by atoms with van der Waals surface area (Å²) < 4.78 is 14.0. The van der Waals surface area contributed by atoms with Gasteiger partial charge in [0.15, 0.2) is 5.76 Å². The van der Waals surface area contributed by atoms with Gasteiger partial charge in [0.2, 0.25) is 0 Å². The van der Waals surface area contributed by atoms with Crippen LogP contribution in [0.5, 0.6) is 5.75 Å². The molecule has 7 heteroatoms. The highest BCUT2D eigenvalue weighted by Crippen LogP contribution is 2.19. The fraction of sp³-hybridized carbons (Fsp3) is 0.300. The molecule has 0 aliphatic rings. The Balaban J connectivity index is 1.59. The number of halogens is 1. The molecular weight excluding hydrogens is 410 g/mol. The van der Waals surface area contributed by atoms with Crippen LogP contribution in [-0.2, 0) is 26.6 Å². The van der Waals surface area contributed by atoms with Crippen LogP contribution in [0.1, 0.15) is 34.5 Å². The maximum atomic E-state index is 12.6. The van der Waals surface area contributed by atoms with Crippen LogP contribution in [0.25, 0.3) is 0 Å². The summed E-state index contributed by atoms with van der Waals surface area (Å²) >= 11 is 3.45. The number of nitrogens with zero attached hydrogens (tertiary/aromatic N) is 3. The number of aryl methyl sites for hydroxylation is 2. The predicted molar refractivity (Wildman–Crippen MR) is 106 cm³/mol. The Kier molecular flexibility index (Phi) is 6.01. The molecule has 3 rings (SSSR count). The number of hydrogen-bond acceptors (Lipinski definition) is 4. The monoisotopic (exact) mass is 431 g/mol. The van der Waals surface area contributed by atoms with E-state index < -0.39 is 0 Å². The Morgan fingerprint density at radius 3 is 2.63 bits per heavy atom. The Morgan fingerprint density at radius 1 is 1.26 bits per heavy atom. The normalized spacial score (nSPS) is 10.8. The van der Waals surface area contributed by atoms with E-state index >= 15 is 0 Å². The summed E-state index contributed by atoms with van der Waals surface area (Å²) in [6.07, 6.45) is 2.70. The van der Waals surface area contributed by atoms with E-state index in [-0.39, 0.29) is 18.3 Å². The van der Waals surface area contributed by atoms with Crippen molar-refractivity contribution in [3.8, 4) is 5.75 Å². The average Bonchev–Trinajstić information content (AvgIpc) is 3.28. The van der Waals surface area contributed by atoms with E-state index in [0.717, 1.165) is 22.3 Å². The molecule has 0 aliphatic heterocycles. The molecule has 0 radical (unpaired) electrons. The van der Waals surface area contributed by atoms with E-state index in [0.29, 0.717) is 12.3 Å². The van der Waals surface area contributed by atoms with Crippen LogP contribution in [0.4, 0.5) is 0 Å². The summed E-state index contributed by atoms with van der Waals surface area (Å²) in [7, 11) is 3.57. The third-order valence-electron chi connectivity index (χ3n) is 4.33. The summed E-state index contributed by atoms with van der Waals surface area (Å²) in [5.74, 6) is 1.47. The number of furan rings is 1. The molecule has 2 heterocycles. The first-order valence-corrected chi connectivity index (χ1v) is 9.49. The number of rotatable bonds is 7. The van der Waals surface area contributed by atoms with Crippen LogP contribution in [0.2, 0.25) is 0 Å². The minimum atomic E-state index is -0.193. The Morgan fingerprint density at radius 2 is 2.00 bits per heavy atom. The maximum Gasteiger partial charge on any atom is 0.289 e. The molecule has 0 unspecified atom stereocenters. The highest BCUT2D eigenvalue weighted by atomic mass is 79.9. The molecule has 0 saturated carbocycles. The summed E-state index contributed by atoms with van der Waals surface area (Å²) in [4.78, 5) is 14.2. The lowest BCUT2D eigenvalue weighted by molar-refractivity contribution is 0.0746. The lowest BCUT2D eigenvalue weighted by Crippen LogP contribution is -2.27. The Bertz CT molecular complexity index is 895.